The SMILES string of the molecule is CS(=O)CCCCOC(=O)c1ccc(-c2ccc([P+](c3ccccc3)(c3ccccc3)c3ccccc3)cc2)cc1. The normalized spacial score (nSPS) is 12.0. The lowest BCUT2D eigenvalue weighted by atomic mass is 10.0. The maximum atomic E-state index is 12.5. The third-order valence-electron chi connectivity index (χ3n) is 7.20. The van der Waals surface area contributed by atoms with Crippen molar-refractivity contribution in [1.29, 1.82) is 0 Å². The first-order valence-electron chi connectivity index (χ1n) is 13.8. The van der Waals surface area contributed by atoms with Gasteiger partial charge in [-0.05, 0) is 84.6 Å². The summed E-state index contributed by atoms with van der Waals surface area (Å²) in [6, 6.07) is 49.0. The zero-order valence-electron chi connectivity index (χ0n) is 23.2. The summed E-state index contributed by atoms with van der Waals surface area (Å²) < 4.78 is 16.6. The Morgan fingerprint density at radius 2 is 1.00 bits per heavy atom. The maximum Gasteiger partial charge on any atom is 0.338 e. The number of carbonyl (C=O) groups is 1. The number of rotatable bonds is 11. The fourth-order valence-corrected chi connectivity index (χ4v) is 10.0. The Morgan fingerprint density at radius 3 is 1.44 bits per heavy atom. The van der Waals surface area contributed by atoms with E-state index in [9.17, 15) is 9.00 Å². The molecular formula is C36H34O3PS+. The van der Waals surface area contributed by atoms with Crippen LogP contribution in [0.3, 0.4) is 0 Å². The molecule has 0 saturated carbocycles. The third kappa shape index (κ3) is 6.56. The summed E-state index contributed by atoms with van der Waals surface area (Å²) in [5, 5.41) is 5.24. The first-order chi connectivity index (χ1) is 20.1. The van der Waals surface area contributed by atoms with Crippen molar-refractivity contribution in [2.45, 2.75) is 12.8 Å². The summed E-state index contributed by atoms with van der Waals surface area (Å²) in [6.45, 7) is 0.342. The molecule has 0 N–H and O–H groups in total. The van der Waals surface area contributed by atoms with Gasteiger partial charge in [-0.2, -0.15) is 0 Å². The molecule has 3 nitrogen and oxygen atoms in total. The zero-order chi connectivity index (χ0) is 28.5. The molecule has 0 bridgehead atoms. The van der Waals surface area contributed by atoms with Crippen LogP contribution in [0.15, 0.2) is 140 Å². The number of ether oxygens (including phenoxy) is 1. The van der Waals surface area contributed by atoms with Gasteiger partial charge in [0.15, 0.2) is 0 Å². The summed E-state index contributed by atoms with van der Waals surface area (Å²) in [5.41, 5.74) is 2.67. The van der Waals surface area contributed by atoms with E-state index in [2.05, 4.69) is 115 Å². The van der Waals surface area contributed by atoms with Gasteiger partial charge < -0.3 is 4.74 Å². The second kappa shape index (κ2) is 13.7. The van der Waals surface area contributed by atoms with Crippen LogP contribution >= 0.6 is 7.26 Å². The molecule has 0 saturated heterocycles. The Morgan fingerprint density at radius 1 is 0.585 bits per heavy atom. The van der Waals surface area contributed by atoms with Gasteiger partial charge in [-0.15, -0.1) is 0 Å². The number of benzene rings is 5. The minimum absolute atomic E-state index is 0.326. The molecule has 0 fully saturated rings. The van der Waals surface area contributed by atoms with E-state index in [0.717, 1.165) is 24.0 Å². The molecule has 1 unspecified atom stereocenters. The fraction of sp³-hybridized carbons (Fsp3) is 0.139. The molecule has 5 heteroatoms. The van der Waals surface area contributed by atoms with Crippen LogP contribution in [0.5, 0.6) is 0 Å². The zero-order valence-corrected chi connectivity index (χ0v) is 24.9. The average molecular weight is 578 g/mol. The molecule has 0 aromatic heterocycles. The minimum atomic E-state index is -2.14. The van der Waals surface area contributed by atoms with Crippen LogP contribution in [0, 0.1) is 0 Å². The van der Waals surface area contributed by atoms with E-state index < -0.39 is 18.1 Å². The van der Waals surface area contributed by atoms with E-state index in [1.54, 1.807) is 6.26 Å². The van der Waals surface area contributed by atoms with Gasteiger partial charge in [0.1, 0.15) is 28.5 Å². The third-order valence-corrected chi connectivity index (χ3v) is 12.4. The summed E-state index contributed by atoms with van der Waals surface area (Å²) in [4.78, 5) is 12.5. The molecule has 5 aromatic rings. The molecule has 0 aliphatic carbocycles. The van der Waals surface area contributed by atoms with Gasteiger partial charge in [0.2, 0.25) is 0 Å². The Balaban J connectivity index is 1.44. The molecule has 0 heterocycles. The van der Waals surface area contributed by atoms with Gasteiger partial charge in [-0.1, -0.05) is 78.9 Å². The van der Waals surface area contributed by atoms with Gasteiger partial charge in [-0.25, -0.2) is 4.79 Å². The molecule has 0 radical (unpaired) electrons. The number of carbonyl (C=O) groups excluding carboxylic acids is 1. The van der Waals surface area contributed by atoms with E-state index in [0.29, 0.717) is 17.9 Å². The lowest BCUT2D eigenvalue weighted by molar-refractivity contribution is 0.0500. The van der Waals surface area contributed by atoms with Crippen LogP contribution in [0.1, 0.15) is 23.2 Å². The maximum absolute atomic E-state index is 12.5. The van der Waals surface area contributed by atoms with Crippen LogP contribution in [0.2, 0.25) is 0 Å². The number of esters is 1. The number of hydrogen-bond acceptors (Lipinski definition) is 3. The van der Waals surface area contributed by atoms with Crippen molar-refractivity contribution in [2.24, 2.45) is 0 Å². The van der Waals surface area contributed by atoms with Crippen LogP contribution < -0.4 is 21.2 Å². The molecule has 0 aliphatic rings. The van der Waals surface area contributed by atoms with E-state index in [-0.39, 0.29) is 5.97 Å². The topological polar surface area (TPSA) is 43.4 Å². The molecule has 5 rings (SSSR count). The minimum Gasteiger partial charge on any atom is -0.462 e. The van der Waals surface area contributed by atoms with Crippen molar-refractivity contribution >= 4 is 45.2 Å². The molecule has 41 heavy (non-hydrogen) atoms. The number of hydrogen-bond donors (Lipinski definition) is 0. The highest BCUT2D eigenvalue weighted by molar-refractivity contribution is 8.01. The van der Waals surface area contributed by atoms with Crippen LogP contribution in [-0.2, 0) is 15.5 Å². The summed E-state index contributed by atoms with van der Waals surface area (Å²) >= 11 is 0. The van der Waals surface area contributed by atoms with Gasteiger partial charge >= 0.3 is 5.97 Å². The molecule has 206 valence electrons. The molecule has 0 aliphatic heterocycles. The Labute approximate surface area is 246 Å². The van der Waals surface area contributed by atoms with E-state index in [1.165, 1.54) is 21.2 Å². The van der Waals surface area contributed by atoms with Crippen molar-refractivity contribution < 1.29 is 13.7 Å². The fourth-order valence-electron chi connectivity index (χ4n) is 5.18. The quantitative estimate of drug-likeness (QED) is 0.105. The van der Waals surface area contributed by atoms with E-state index in [4.69, 9.17) is 4.74 Å². The predicted octanol–water partition coefficient (Wildman–Crippen LogP) is 6.29. The Kier molecular flexibility index (Phi) is 9.56. The molecule has 0 amide bonds. The summed E-state index contributed by atoms with van der Waals surface area (Å²) in [5.74, 6) is 0.309. The van der Waals surface area contributed by atoms with Crippen molar-refractivity contribution in [3.63, 3.8) is 0 Å². The van der Waals surface area contributed by atoms with E-state index in [1.807, 2.05) is 24.3 Å². The van der Waals surface area contributed by atoms with Crippen molar-refractivity contribution in [3.8, 4) is 11.1 Å². The van der Waals surface area contributed by atoms with Gasteiger partial charge in [0.25, 0.3) is 0 Å². The molecule has 5 aromatic carbocycles. The number of unbranched alkanes of at least 4 members (excludes halogenated alkanes) is 1. The second-order valence-corrected chi connectivity index (χ2v) is 14.9. The van der Waals surface area contributed by atoms with Gasteiger partial charge in [0, 0.05) is 22.8 Å². The largest absolute Gasteiger partial charge is 0.462 e. The highest BCUT2D eigenvalue weighted by Gasteiger charge is 2.47. The second-order valence-electron chi connectivity index (χ2n) is 9.92. The van der Waals surface area contributed by atoms with Crippen LogP contribution in [-0.4, -0.2) is 28.8 Å². The molecule has 0 spiro atoms. The van der Waals surface area contributed by atoms with Gasteiger partial charge in [0.05, 0.1) is 12.2 Å². The lowest BCUT2D eigenvalue weighted by Gasteiger charge is -2.27. The Bertz CT molecular complexity index is 1470. The first kappa shape index (κ1) is 28.7. The molecular weight excluding hydrogens is 543 g/mol. The van der Waals surface area contributed by atoms with Crippen LogP contribution in [0.25, 0.3) is 11.1 Å². The van der Waals surface area contributed by atoms with Crippen LogP contribution in [0.4, 0.5) is 0 Å². The van der Waals surface area contributed by atoms with Crippen molar-refractivity contribution in [3.05, 3.63) is 145 Å². The average Bonchev–Trinajstić information content (AvgIpc) is 3.03. The van der Waals surface area contributed by atoms with Gasteiger partial charge in [-0.3, -0.25) is 4.21 Å². The summed E-state index contributed by atoms with van der Waals surface area (Å²) in [6.07, 6.45) is 3.19. The monoisotopic (exact) mass is 577 g/mol. The highest BCUT2D eigenvalue weighted by atomic mass is 32.2. The Hall–Kier alpha value is -3.85. The van der Waals surface area contributed by atoms with E-state index >= 15 is 0 Å². The first-order valence-corrected chi connectivity index (χ1v) is 17.3. The predicted molar refractivity (Wildman–Crippen MR) is 175 cm³/mol. The highest BCUT2D eigenvalue weighted by Crippen LogP contribution is 2.54. The van der Waals surface area contributed by atoms with Crippen molar-refractivity contribution in [2.75, 3.05) is 18.6 Å². The summed E-state index contributed by atoms with van der Waals surface area (Å²) in [7, 11) is -2.95. The smallest absolute Gasteiger partial charge is 0.338 e. The van der Waals surface area contributed by atoms with Crippen molar-refractivity contribution in [1.82, 2.24) is 0 Å². The standard InChI is InChI=1S/C36H34O3PS/c1-41(38)28-12-11-27-39-36(37)31-21-19-29(20-22-31)30-23-25-35(26-24-30)40(32-13-5-2-6-14-32,33-15-7-3-8-16-33)34-17-9-4-10-18-34/h2-10,13-26H,11-12,27-28H2,1H3/q+1. The molecule has 1 atom stereocenters. The lowest BCUT2D eigenvalue weighted by Crippen LogP contribution is -2.38.